The van der Waals surface area contributed by atoms with E-state index in [4.69, 9.17) is 23.2 Å². The Bertz CT molecular complexity index is 434. The van der Waals surface area contributed by atoms with Crippen LogP contribution in [0, 0.1) is 11.8 Å². The fraction of sp³-hybridized carbons (Fsp3) is 0.625. The molecule has 1 fully saturated rings. The van der Waals surface area contributed by atoms with Gasteiger partial charge in [-0.2, -0.15) is 0 Å². The van der Waals surface area contributed by atoms with Crippen LogP contribution in [0.15, 0.2) is 18.2 Å². The number of aliphatic hydroxyl groups is 1. The van der Waals surface area contributed by atoms with E-state index in [1.54, 1.807) is 0 Å². The van der Waals surface area contributed by atoms with E-state index in [1.807, 2.05) is 18.2 Å². The van der Waals surface area contributed by atoms with Crippen molar-refractivity contribution in [2.75, 3.05) is 0 Å². The highest BCUT2D eigenvalue weighted by Gasteiger charge is 2.34. The Morgan fingerprint density at radius 3 is 2.37 bits per heavy atom. The third kappa shape index (κ3) is 3.87. The number of rotatable bonds is 3. The average molecular weight is 301 g/mol. The second kappa shape index (κ2) is 6.03. The van der Waals surface area contributed by atoms with E-state index in [0.717, 1.165) is 43.1 Å². The fourth-order valence-corrected chi connectivity index (χ4v) is 3.37. The zero-order valence-electron chi connectivity index (χ0n) is 11.6. The minimum Gasteiger partial charge on any atom is -0.390 e. The maximum Gasteiger partial charge on any atom is 0.0688 e. The van der Waals surface area contributed by atoms with Gasteiger partial charge in [0.05, 0.1) is 15.6 Å². The molecule has 0 amide bonds. The fourth-order valence-electron chi connectivity index (χ4n) is 3.05. The largest absolute Gasteiger partial charge is 0.390 e. The van der Waals surface area contributed by atoms with E-state index in [2.05, 4.69) is 13.8 Å². The van der Waals surface area contributed by atoms with Crippen molar-refractivity contribution in [3.05, 3.63) is 33.8 Å². The number of hydrogen-bond acceptors (Lipinski definition) is 1. The van der Waals surface area contributed by atoms with Gasteiger partial charge in [-0.05, 0) is 55.2 Å². The Balaban J connectivity index is 2.00. The average Bonchev–Trinajstić information content (AvgIpc) is 2.34. The lowest BCUT2D eigenvalue weighted by atomic mass is 9.72. The molecule has 0 atom stereocenters. The predicted molar refractivity (Wildman–Crippen MR) is 81.9 cm³/mol. The molecule has 3 heteroatoms. The Kier molecular flexibility index (Phi) is 4.81. The van der Waals surface area contributed by atoms with E-state index >= 15 is 0 Å². The molecule has 1 aliphatic rings. The molecule has 1 aliphatic carbocycles. The molecule has 0 heterocycles. The molecule has 0 bridgehead atoms. The van der Waals surface area contributed by atoms with Gasteiger partial charge in [0.2, 0.25) is 0 Å². The lowest BCUT2D eigenvalue weighted by molar-refractivity contribution is -0.0146. The minimum atomic E-state index is -0.567. The summed E-state index contributed by atoms with van der Waals surface area (Å²) in [6.07, 6.45) is 4.69. The summed E-state index contributed by atoms with van der Waals surface area (Å²) in [5.41, 5.74) is 0.502. The van der Waals surface area contributed by atoms with Crippen LogP contribution in [0.3, 0.4) is 0 Å². The molecule has 0 aliphatic heterocycles. The molecule has 19 heavy (non-hydrogen) atoms. The van der Waals surface area contributed by atoms with Gasteiger partial charge in [0, 0.05) is 6.42 Å². The lowest BCUT2D eigenvalue weighted by Gasteiger charge is -2.37. The van der Waals surface area contributed by atoms with Crippen LogP contribution in [0.2, 0.25) is 10.0 Å². The zero-order chi connectivity index (χ0) is 14.0. The highest BCUT2D eigenvalue weighted by molar-refractivity contribution is 6.42. The van der Waals surface area contributed by atoms with Crippen molar-refractivity contribution in [1.29, 1.82) is 0 Å². The molecular weight excluding hydrogens is 279 g/mol. The molecule has 0 radical (unpaired) electrons. The first-order chi connectivity index (χ1) is 8.89. The summed E-state index contributed by atoms with van der Waals surface area (Å²) in [7, 11) is 0. The van der Waals surface area contributed by atoms with Gasteiger partial charge in [0.25, 0.3) is 0 Å². The molecule has 0 spiro atoms. The third-order valence-corrected chi connectivity index (χ3v) is 5.16. The summed E-state index contributed by atoms with van der Waals surface area (Å²) in [6, 6.07) is 5.64. The summed E-state index contributed by atoms with van der Waals surface area (Å²) in [5, 5.41) is 11.8. The lowest BCUT2D eigenvalue weighted by Crippen LogP contribution is -2.37. The molecule has 1 nitrogen and oxygen atoms in total. The summed E-state index contributed by atoms with van der Waals surface area (Å²) in [4.78, 5) is 0. The van der Waals surface area contributed by atoms with E-state index in [1.165, 1.54) is 0 Å². The van der Waals surface area contributed by atoms with E-state index in [9.17, 15) is 5.11 Å². The van der Waals surface area contributed by atoms with Gasteiger partial charge in [-0.25, -0.2) is 0 Å². The predicted octanol–water partition coefficient (Wildman–Crippen LogP) is 5.11. The van der Waals surface area contributed by atoms with Gasteiger partial charge in [0.1, 0.15) is 0 Å². The molecule has 2 rings (SSSR count). The first-order valence-corrected chi connectivity index (χ1v) is 7.81. The number of hydrogen-bond donors (Lipinski definition) is 1. The number of halogens is 2. The van der Waals surface area contributed by atoms with Gasteiger partial charge in [-0.3, -0.25) is 0 Å². The molecule has 1 N–H and O–H groups in total. The maximum absolute atomic E-state index is 10.7. The van der Waals surface area contributed by atoms with Crippen LogP contribution in [0.1, 0.15) is 45.1 Å². The van der Waals surface area contributed by atoms with Crippen molar-refractivity contribution in [2.45, 2.75) is 51.6 Å². The van der Waals surface area contributed by atoms with Gasteiger partial charge in [-0.1, -0.05) is 43.1 Å². The van der Waals surface area contributed by atoms with E-state index in [0.29, 0.717) is 16.5 Å². The molecule has 1 saturated carbocycles. The molecule has 0 unspecified atom stereocenters. The Morgan fingerprint density at radius 1 is 1.21 bits per heavy atom. The molecule has 1 aromatic rings. The molecule has 0 aromatic heterocycles. The van der Waals surface area contributed by atoms with Crippen molar-refractivity contribution < 1.29 is 5.11 Å². The molecular formula is C16H22Cl2O. The van der Waals surface area contributed by atoms with Gasteiger partial charge >= 0.3 is 0 Å². The Hall–Kier alpha value is -0.240. The standard InChI is InChI=1S/C16H22Cl2O/c1-11(2)13-5-7-16(19,8-6-13)10-12-3-4-14(17)15(18)9-12/h3-4,9,11,13,19H,5-8,10H2,1-2H3. The van der Waals surface area contributed by atoms with Crippen LogP contribution < -0.4 is 0 Å². The normalized spacial score (nSPS) is 27.8. The molecule has 106 valence electrons. The van der Waals surface area contributed by atoms with E-state index in [-0.39, 0.29) is 0 Å². The van der Waals surface area contributed by atoms with Crippen molar-refractivity contribution in [3.8, 4) is 0 Å². The Labute approximate surface area is 125 Å². The van der Waals surface area contributed by atoms with Gasteiger partial charge in [-0.15, -0.1) is 0 Å². The van der Waals surface area contributed by atoms with Crippen molar-refractivity contribution >= 4 is 23.2 Å². The van der Waals surface area contributed by atoms with Crippen LogP contribution in [-0.2, 0) is 6.42 Å². The highest BCUT2D eigenvalue weighted by atomic mass is 35.5. The summed E-state index contributed by atoms with van der Waals surface area (Å²) < 4.78 is 0. The molecule has 1 aromatic carbocycles. The number of benzene rings is 1. The van der Waals surface area contributed by atoms with E-state index < -0.39 is 5.60 Å². The quantitative estimate of drug-likeness (QED) is 0.822. The van der Waals surface area contributed by atoms with Gasteiger partial charge in [0.15, 0.2) is 0 Å². The van der Waals surface area contributed by atoms with Crippen LogP contribution in [0.4, 0.5) is 0 Å². The topological polar surface area (TPSA) is 20.2 Å². The highest BCUT2D eigenvalue weighted by Crippen LogP contribution is 2.38. The minimum absolute atomic E-state index is 0.567. The molecule has 0 saturated heterocycles. The van der Waals surface area contributed by atoms with Crippen molar-refractivity contribution in [2.24, 2.45) is 11.8 Å². The first-order valence-electron chi connectivity index (χ1n) is 7.06. The van der Waals surface area contributed by atoms with Crippen LogP contribution in [0.25, 0.3) is 0 Å². The monoisotopic (exact) mass is 300 g/mol. The van der Waals surface area contributed by atoms with Crippen LogP contribution in [0.5, 0.6) is 0 Å². The third-order valence-electron chi connectivity index (χ3n) is 4.42. The second-order valence-electron chi connectivity index (χ2n) is 6.23. The smallest absolute Gasteiger partial charge is 0.0688 e. The summed E-state index contributed by atoms with van der Waals surface area (Å²) in [6.45, 7) is 4.54. The Morgan fingerprint density at radius 2 is 1.84 bits per heavy atom. The van der Waals surface area contributed by atoms with Gasteiger partial charge < -0.3 is 5.11 Å². The van der Waals surface area contributed by atoms with Crippen molar-refractivity contribution in [3.63, 3.8) is 0 Å². The van der Waals surface area contributed by atoms with Crippen molar-refractivity contribution in [1.82, 2.24) is 0 Å². The van der Waals surface area contributed by atoms with Crippen LogP contribution >= 0.6 is 23.2 Å². The first kappa shape index (κ1) is 15.2. The summed E-state index contributed by atoms with van der Waals surface area (Å²) in [5.74, 6) is 1.48. The van der Waals surface area contributed by atoms with Crippen LogP contribution in [-0.4, -0.2) is 10.7 Å². The SMILES string of the molecule is CC(C)C1CCC(O)(Cc2ccc(Cl)c(Cl)c2)CC1. The second-order valence-corrected chi connectivity index (χ2v) is 7.05. The maximum atomic E-state index is 10.7. The zero-order valence-corrected chi connectivity index (χ0v) is 13.1. The summed E-state index contributed by atoms with van der Waals surface area (Å²) >= 11 is 11.9.